The van der Waals surface area contributed by atoms with Gasteiger partial charge in [-0.3, -0.25) is 9.69 Å². The van der Waals surface area contributed by atoms with E-state index in [1.807, 2.05) is 42.5 Å². The van der Waals surface area contributed by atoms with Crippen molar-refractivity contribution in [2.24, 2.45) is 0 Å². The van der Waals surface area contributed by atoms with Gasteiger partial charge in [0.05, 0.1) is 4.91 Å². The molecule has 6 heteroatoms. The van der Waals surface area contributed by atoms with Crippen LogP contribution in [0.3, 0.4) is 0 Å². The van der Waals surface area contributed by atoms with Gasteiger partial charge in [-0.2, -0.15) is 0 Å². The molecule has 1 heterocycles. The topological polar surface area (TPSA) is 38.8 Å². The van der Waals surface area contributed by atoms with E-state index in [4.69, 9.17) is 21.7 Å². The van der Waals surface area contributed by atoms with E-state index in [0.717, 1.165) is 23.5 Å². The Labute approximate surface area is 181 Å². The fourth-order valence-corrected chi connectivity index (χ4v) is 3.98. The maximum atomic E-state index is 12.1. The Morgan fingerprint density at radius 3 is 2.07 bits per heavy atom. The van der Waals surface area contributed by atoms with Gasteiger partial charge in [0.1, 0.15) is 29.0 Å². The van der Waals surface area contributed by atoms with Crippen LogP contribution in [0.5, 0.6) is 11.5 Å². The van der Waals surface area contributed by atoms with Crippen molar-refractivity contribution in [3.05, 3.63) is 64.6 Å². The largest absolute Gasteiger partial charge is 0.490 e. The van der Waals surface area contributed by atoms with E-state index in [0.29, 0.717) is 28.4 Å². The van der Waals surface area contributed by atoms with Gasteiger partial charge in [-0.05, 0) is 53.8 Å². The van der Waals surface area contributed by atoms with E-state index in [2.05, 4.69) is 26.0 Å². The summed E-state index contributed by atoms with van der Waals surface area (Å²) < 4.78 is 12.1. The summed E-state index contributed by atoms with van der Waals surface area (Å²) in [5.74, 6) is 2.12. The second-order valence-electron chi connectivity index (χ2n) is 6.89. The van der Waals surface area contributed by atoms with Crippen molar-refractivity contribution in [1.29, 1.82) is 0 Å². The summed E-state index contributed by atoms with van der Waals surface area (Å²) in [5, 5.41) is 0. The molecule has 29 heavy (non-hydrogen) atoms. The standard InChI is InChI=1S/C23H25NO3S2/c1-4-16(2)18-7-11-20(12-8-18)27-14-13-26-19-9-5-17(6-10-19)15-21-22(25)24(3)23(28)29-21/h5-12,15-16H,4,13-14H2,1-3H3/b21-15-/t16-/m0/s1. The van der Waals surface area contributed by atoms with Crippen molar-refractivity contribution in [3.8, 4) is 11.5 Å². The van der Waals surface area contributed by atoms with Crippen LogP contribution in [-0.2, 0) is 4.79 Å². The number of thioether (sulfide) groups is 1. The first-order chi connectivity index (χ1) is 14.0. The molecule has 1 saturated heterocycles. The predicted octanol–water partition coefficient (Wildman–Crippen LogP) is 5.49. The van der Waals surface area contributed by atoms with Crippen LogP contribution in [0.15, 0.2) is 53.4 Å². The minimum absolute atomic E-state index is 0.0605. The van der Waals surface area contributed by atoms with Crippen molar-refractivity contribution < 1.29 is 14.3 Å². The Kier molecular flexibility index (Phi) is 7.34. The number of hydrogen-bond acceptors (Lipinski definition) is 5. The maximum absolute atomic E-state index is 12.1. The molecule has 0 saturated carbocycles. The Bertz CT molecular complexity index is 891. The van der Waals surface area contributed by atoms with E-state index in [1.54, 1.807) is 7.05 Å². The van der Waals surface area contributed by atoms with Crippen LogP contribution in [0, 0.1) is 0 Å². The maximum Gasteiger partial charge on any atom is 0.265 e. The molecule has 0 N–H and O–H groups in total. The zero-order valence-corrected chi connectivity index (χ0v) is 18.5. The van der Waals surface area contributed by atoms with Crippen LogP contribution in [0.2, 0.25) is 0 Å². The number of likely N-dealkylation sites (N-methyl/N-ethyl adjacent to an activating group) is 1. The monoisotopic (exact) mass is 427 g/mol. The van der Waals surface area contributed by atoms with Crippen LogP contribution in [0.4, 0.5) is 0 Å². The molecule has 0 aliphatic carbocycles. The molecule has 4 nitrogen and oxygen atoms in total. The number of carbonyl (C=O) groups is 1. The lowest BCUT2D eigenvalue weighted by Crippen LogP contribution is -2.22. The highest BCUT2D eigenvalue weighted by atomic mass is 32.2. The van der Waals surface area contributed by atoms with Crippen LogP contribution in [0.1, 0.15) is 37.3 Å². The number of amides is 1. The molecule has 0 unspecified atom stereocenters. The third kappa shape index (κ3) is 5.61. The fourth-order valence-electron chi connectivity index (χ4n) is 2.80. The summed E-state index contributed by atoms with van der Waals surface area (Å²) in [6, 6.07) is 15.9. The van der Waals surface area contributed by atoms with Crippen molar-refractivity contribution in [2.75, 3.05) is 20.3 Å². The van der Waals surface area contributed by atoms with Gasteiger partial charge < -0.3 is 9.47 Å². The average Bonchev–Trinajstić information content (AvgIpc) is 2.98. The second kappa shape index (κ2) is 9.94. The normalized spacial score (nSPS) is 16.4. The summed E-state index contributed by atoms with van der Waals surface area (Å²) in [6.45, 7) is 5.35. The van der Waals surface area contributed by atoms with Crippen molar-refractivity contribution in [1.82, 2.24) is 4.90 Å². The number of carbonyl (C=O) groups excluding carboxylic acids is 1. The van der Waals surface area contributed by atoms with Gasteiger partial charge in [0.2, 0.25) is 0 Å². The van der Waals surface area contributed by atoms with Gasteiger partial charge in [-0.1, -0.05) is 62.1 Å². The lowest BCUT2D eigenvalue weighted by molar-refractivity contribution is -0.121. The predicted molar refractivity (Wildman–Crippen MR) is 124 cm³/mol. The zero-order valence-electron chi connectivity index (χ0n) is 16.9. The first kappa shape index (κ1) is 21.4. The van der Waals surface area contributed by atoms with Gasteiger partial charge in [0.15, 0.2) is 0 Å². The lowest BCUT2D eigenvalue weighted by atomic mass is 9.99. The molecule has 2 aromatic carbocycles. The quantitative estimate of drug-likeness (QED) is 0.316. The molecule has 152 valence electrons. The molecular formula is C23H25NO3S2. The van der Waals surface area contributed by atoms with E-state index in [1.165, 1.54) is 22.2 Å². The number of benzene rings is 2. The van der Waals surface area contributed by atoms with Crippen LogP contribution >= 0.6 is 24.0 Å². The molecule has 1 aliphatic rings. The molecule has 0 radical (unpaired) electrons. The summed E-state index contributed by atoms with van der Waals surface area (Å²) in [4.78, 5) is 14.2. The van der Waals surface area contributed by atoms with Gasteiger partial charge in [-0.25, -0.2) is 0 Å². The van der Waals surface area contributed by atoms with Crippen molar-refractivity contribution in [2.45, 2.75) is 26.2 Å². The van der Waals surface area contributed by atoms with Crippen molar-refractivity contribution >= 4 is 40.3 Å². The third-order valence-corrected chi connectivity index (χ3v) is 6.33. The zero-order chi connectivity index (χ0) is 20.8. The fraction of sp³-hybridized carbons (Fsp3) is 0.304. The Balaban J connectivity index is 1.46. The summed E-state index contributed by atoms with van der Waals surface area (Å²) in [6.07, 6.45) is 2.97. The molecule has 1 aliphatic heterocycles. The molecule has 0 bridgehead atoms. The highest BCUT2D eigenvalue weighted by Crippen LogP contribution is 2.31. The molecule has 0 spiro atoms. The summed E-state index contributed by atoms with van der Waals surface area (Å²) in [5.41, 5.74) is 2.27. The number of ether oxygens (including phenoxy) is 2. The number of rotatable bonds is 8. The van der Waals surface area contributed by atoms with Crippen LogP contribution in [-0.4, -0.2) is 35.4 Å². The number of thiocarbonyl (C=S) groups is 1. The molecule has 1 fully saturated rings. The summed E-state index contributed by atoms with van der Waals surface area (Å²) >= 11 is 6.47. The first-order valence-electron chi connectivity index (χ1n) is 9.65. The lowest BCUT2D eigenvalue weighted by Gasteiger charge is -2.11. The molecule has 2 aromatic rings. The van der Waals surface area contributed by atoms with Crippen molar-refractivity contribution in [3.63, 3.8) is 0 Å². The molecular weight excluding hydrogens is 402 g/mol. The van der Waals surface area contributed by atoms with Gasteiger partial charge >= 0.3 is 0 Å². The SMILES string of the molecule is CC[C@H](C)c1ccc(OCCOc2ccc(/C=C3\SC(=S)N(C)C3=O)cc2)cc1. The van der Waals surface area contributed by atoms with Gasteiger partial charge in [0.25, 0.3) is 5.91 Å². The van der Waals surface area contributed by atoms with Crippen LogP contribution < -0.4 is 9.47 Å². The van der Waals surface area contributed by atoms with E-state index in [9.17, 15) is 4.79 Å². The second-order valence-corrected chi connectivity index (χ2v) is 8.56. The average molecular weight is 428 g/mol. The number of hydrogen-bond donors (Lipinski definition) is 0. The Morgan fingerprint density at radius 1 is 1.03 bits per heavy atom. The molecule has 0 aromatic heterocycles. The molecule has 1 atom stereocenters. The van der Waals surface area contributed by atoms with Gasteiger partial charge in [0, 0.05) is 7.05 Å². The molecule has 3 rings (SSSR count). The minimum atomic E-state index is -0.0605. The third-order valence-electron chi connectivity index (χ3n) is 4.85. The highest BCUT2D eigenvalue weighted by molar-refractivity contribution is 8.26. The van der Waals surface area contributed by atoms with E-state index < -0.39 is 0 Å². The highest BCUT2D eigenvalue weighted by Gasteiger charge is 2.28. The van der Waals surface area contributed by atoms with E-state index >= 15 is 0 Å². The minimum Gasteiger partial charge on any atom is -0.490 e. The Hall–Kier alpha value is -2.31. The van der Waals surface area contributed by atoms with Gasteiger partial charge in [-0.15, -0.1) is 0 Å². The Morgan fingerprint density at radius 2 is 1.59 bits per heavy atom. The van der Waals surface area contributed by atoms with E-state index in [-0.39, 0.29) is 5.91 Å². The van der Waals surface area contributed by atoms with Crippen LogP contribution in [0.25, 0.3) is 6.08 Å². The first-order valence-corrected chi connectivity index (χ1v) is 10.9. The number of nitrogens with zero attached hydrogens (tertiary/aromatic N) is 1. The summed E-state index contributed by atoms with van der Waals surface area (Å²) in [7, 11) is 1.69. The smallest absolute Gasteiger partial charge is 0.265 e. The molecule has 1 amide bonds.